The van der Waals surface area contributed by atoms with Crippen molar-refractivity contribution in [1.82, 2.24) is 0 Å². The van der Waals surface area contributed by atoms with E-state index < -0.39 is 10.7 Å². The highest BCUT2D eigenvalue weighted by atomic mass is 35.5. The predicted molar refractivity (Wildman–Crippen MR) is 64.9 cm³/mol. The molecule has 1 aromatic carbocycles. The summed E-state index contributed by atoms with van der Waals surface area (Å²) in [6, 6.07) is 6.76. The quantitative estimate of drug-likeness (QED) is 0.821. The van der Waals surface area contributed by atoms with E-state index in [1.54, 1.807) is 24.3 Å². The van der Waals surface area contributed by atoms with Crippen LogP contribution in [0.1, 0.15) is 6.92 Å². The summed E-state index contributed by atoms with van der Waals surface area (Å²) in [6.07, 6.45) is 0. The van der Waals surface area contributed by atoms with Crippen molar-refractivity contribution in [3.05, 3.63) is 24.3 Å². The van der Waals surface area contributed by atoms with Crippen molar-refractivity contribution in [2.45, 2.75) is 11.8 Å². The summed E-state index contributed by atoms with van der Waals surface area (Å²) in [6.45, 7) is 1.38. The SMILES string of the molecule is CC(=O)Nc1ccccc1NC(=O)C(Cl)Cl. The van der Waals surface area contributed by atoms with E-state index in [0.717, 1.165) is 0 Å². The van der Waals surface area contributed by atoms with Gasteiger partial charge >= 0.3 is 0 Å². The normalized spacial score (nSPS) is 10.0. The number of carbonyl (C=O) groups excluding carboxylic acids is 2. The number of rotatable bonds is 3. The Labute approximate surface area is 103 Å². The molecular formula is C10H10Cl2N2O2. The van der Waals surface area contributed by atoms with Crippen LogP contribution in [0.25, 0.3) is 0 Å². The van der Waals surface area contributed by atoms with Crippen molar-refractivity contribution >= 4 is 46.4 Å². The molecule has 0 heterocycles. The number of alkyl halides is 2. The smallest absolute Gasteiger partial charge is 0.257 e. The summed E-state index contributed by atoms with van der Waals surface area (Å²) < 4.78 is 0. The zero-order chi connectivity index (χ0) is 12.1. The van der Waals surface area contributed by atoms with Gasteiger partial charge in [0.1, 0.15) is 0 Å². The van der Waals surface area contributed by atoms with Crippen molar-refractivity contribution in [3.63, 3.8) is 0 Å². The first-order valence-corrected chi connectivity index (χ1v) is 5.33. The minimum absolute atomic E-state index is 0.227. The number of hydrogen-bond acceptors (Lipinski definition) is 2. The maximum atomic E-state index is 11.3. The molecule has 0 spiro atoms. The molecular weight excluding hydrogens is 251 g/mol. The van der Waals surface area contributed by atoms with Crippen LogP contribution in [0.3, 0.4) is 0 Å². The van der Waals surface area contributed by atoms with Gasteiger partial charge in [-0.05, 0) is 12.1 Å². The molecule has 6 heteroatoms. The molecule has 0 aliphatic heterocycles. The van der Waals surface area contributed by atoms with Gasteiger partial charge in [0.25, 0.3) is 5.91 Å². The number of para-hydroxylation sites is 2. The molecule has 0 aliphatic rings. The third kappa shape index (κ3) is 3.72. The summed E-state index contributed by atoms with van der Waals surface area (Å²) in [5.41, 5.74) is 0.950. The van der Waals surface area contributed by atoms with Crippen LogP contribution in [0.2, 0.25) is 0 Å². The maximum Gasteiger partial charge on any atom is 0.257 e. The molecule has 0 atom stereocenters. The van der Waals surface area contributed by atoms with E-state index in [1.165, 1.54) is 6.92 Å². The molecule has 0 bridgehead atoms. The maximum absolute atomic E-state index is 11.3. The Balaban J connectivity index is 2.86. The standard InChI is InChI=1S/C10H10Cl2N2O2/c1-6(15)13-7-4-2-3-5-8(7)14-10(16)9(11)12/h2-5,9H,1H3,(H,13,15)(H,14,16). The first-order valence-electron chi connectivity index (χ1n) is 4.46. The molecule has 0 aliphatic carbocycles. The van der Waals surface area contributed by atoms with Crippen LogP contribution in [-0.2, 0) is 9.59 Å². The molecule has 86 valence electrons. The number of halogens is 2. The van der Waals surface area contributed by atoms with Crippen LogP contribution < -0.4 is 10.6 Å². The Morgan fingerprint density at radius 2 is 1.62 bits per heavy atom. The van der Waals surface area contributed by atoms with E-state index in [-0.39, 0.29) is 5.91 Å². The molecule has 0 aromatic heterocycles. The number of anilines is 2. The zero-order valence-electron chi connectivity index (χ0n) is 8.46. The lowest BCUT2D eigenvalue weighted by Crippen LogP contribution is -2.20. The van der Waals surface area contributed by atoms with Crippen molar-refractivity contribution in [1.29, 1.82) is 0 Å². The van der Waals surface area contributed by atoms with E-state index in [4.69, 9.17) is 23.2 Å². The minimum Gasteiger partial charge on any atom is -0.325 e. The highest BCUT2D eigenvalue weighted by Gasteiger charge is 2.13. The number of amides is 2. The van der Waals surface area contributed by atoms with Crippen molar-refractivity contribution in [3.8, 4) is 0 Å². The van der Waals surface area contributed by atoms with E-state index in [2.05, 4.69) is 10.6 Å². The van der Waals surface area contributed by atoms with Gasteiger partial charge in [-0.1, -0.05) is 35.3 Å². The fraction of sp³-hybridized carbons (Fsp3) is 0.200. The topological polar surface area (TPSA) is 58.2 Å². The Hall–Kier alpha value is -1.26. The predicted octanol–water partition coefficient (Wildman–Crippen LogP) is 2.39. The highest BCUT2D eigenvalue weighted by Crippen LogP contribution is 2.21. The van der Waals surface area contributed by atoms with Gasteiger partial charge in [0, 0.05) is 6.92 Å². The third-order valence-electron chi connectivity index (χ3n) is 1.69. The van der Waals surface area contributed by atoms with Crippen molar-refractivity contribution in [2.24, 2.45) is 0 Å². The van der Waals surface area contributed by atoms with Crippen molar-refractivity contribution in [2.75, 3.05) is 10.6 Å². The van der Waals surface area contributed by atoms with Gasteiger partial charge in [-0.2, -0.15) is 0 Å². The summed E-state index contributed by atoms with van der Waals surface area (Å²) in [7, 11) is 0. The average molecular weight is 261 g/mol. The van der Waals surface area contributed by atoms with Gasteiger partial charge in [-0.15, -0.1) is 0 Å². The van der Waals surface area contributed by atoms with Gasteiger partial charge in [-0.3, -0.25) is 9.59 Å². The minimum atomic E-state index is -1.15. The summed E-state index contributed by atoms with van der Waals surface area (Å²) in [5, 5.41) is 5.08. The van der Waals surface area contributed by atoms with E-state index in [1.807, 2.05) is 0 Å². The Kier molecular flexibility index (Phi) is 4.58. The van der Waals surface area contributed by atoms with Crippen LogP contribution in [0.4, 0.5) is 11.4 Å². The number of benzene rings is 1. The Morgan fingerprint density at radius 1 is 1.12 bits per heavy atom. The second-order valence-corrected chi connectivity index (χ2v) is 4.11. The van der Waals surface area contributed by atoms with Gasteiger partial charge < -0.3 is 10.6 Å². The van der Waals surface area contributed by atoms with Crippen LogP contribution in [0, 0.1) is 0 Å². The van der Waals surface area contributed by atoms with E-state index in [0.29, 0.717) is 11.4 Å². The lowest BCUT2D eigenvalue weighted by Gasteiger charge is -2.11. The van der Waals surface area contributed by atoms with Gasteiger partial charge in [-0.25, -0.2) is 0 Å². The number of carbonyl (C=O) groups is 2. The third-order valence-corrected chi connectivity index (χ3v) is 2.09. The molecule has 2 N–H and O–H groups in total. The molecule has 0 fully saturated rings. The molecule has 0 saturated heterocycles. The first-order chi connectivity index (χ1) is 7.50. The monoisotopic (exact) mass is 260 g/mol. The fourth-order valence-corrected chi connectivity index (χ4v) is 1.19. The van der Waals surface area contributed by atoms with Crippen LogP contribution in [0.5, 0.6) is 0 Å². The fourth-order valence-electron chi connectivity index (χ4n) is 1.08. The number of hydrogen-bond donors (Lipinski definition) is 2. The highest BCUT2D eigenvalue weighted by molar-refractivity contribution is 6.54. The molecule has 1 rings (SSSR count). The second kappa shape index (κ2) is 5.72. The van der Waals surface area contributed by atoms with Crippen LogP contribution >= 0.6 is 23.2 Å². The van der Waals surface area contributed by atoms with Gasteiger partial charge in [0.15, 0.2) is 4.84 Å². The largest absolute Gasteiger partial charge is 0.325 e. The lowest BCUT2D eigenvalue weighted by atomic mass is 10.2. The molecule has 0 saturated carbocycles. The molecule has 4 nitrogen and oxygen atoms in total. The molecule has 2 amide bonds. The molecule has 1 aromatic rings. The summed E-state index contributed by atoms with van der Waals surface area (Å²) in [5.74, 6) is -0.767. The molecule has 16 heavy (non-hydrogen) atoms. The van der Waals surface area contributed by atoms with Crippen LogP contribution in [-0.4, -0.2) is 16.7 Å². The Bertz CT molecular complexity index is 408. The zero-order valence-corrected chi connectivity index (χ0v) is 9.97. The van der Waals surface area contributed by atoms with E-state index >= 15 is 0 Å². The first kappa shape index (κ1) is 12.8. The molecule has 0 unspecified atom stereocenters. The summed E-state index contributed by atoms with van der Waals surface area (Å²) in [4.78, 5) is 21.0. The van der Waals surface area contributed by atoms with Gasteiger partial charge in [0.05, 0.1) is 11.4 Å². The lowest BCUT2D eigenvalue weighted by molar-refractivity contribution is -0.115. The van der Waals surface area contributed by atoms with Crippen LogP contribution in [0.15, 0.2) is 24.3 Å². The van der Waals surface area contributed by atoms with Gasteiger partial charge in [0.2, 0.25) is 5.91 Å². The second-order valence-electron chi connectivity index (χ2n) is 3.02. The molecule has 0 radical (unpaired) electrons. The Morgan fingerprint density at radius 3 is 2.06 bits per heavy atom. The van der Waals surface area contributed by atoms with Crippen molar-refractivity contribution < 1.29 is 9.59 Å². The summed E-state index contributed by atoms with van der Waals surface area (Å²) >= 11 is 10.8. The number of nitrogens with one attached hydrogen (secondary N) is 2. The van der Waals surface area contributed by atoms with E-state index in [9.17, 15) is 9.59 Å². The average Bonchev–Trinajstić information content (AvgIpc) is 2.20.